The summed E-state index contributed by atoms with van der Waals surface area (Å²) in [7, 11) is 0. The van der Waals surface area contributed by atoms with Gasteiger partial charge in [0.1, 0.15) is 0 Å². The Morgan fingerprint density at radius 1 is 1.38 bits per heavy atom. The van der Waals surface area contributed by atoms with Crippen LogP contribution >= 0.6 is 15.9 Å². The summed E-state index contributed by atoms with van der Waals surface area (Å²) >= 11 is 3.44. The lowest BCUT2D eigenvalue weighted by atomic mass is 10.2. The number of nitrogens with one attached hydrogen (secondary N) is 1. The van der Waals surface area contributed by atoms with Crippen molar-refractivity contribution in [3.63, 3.8) is 0 Å². The van der Waals surface area contributed by atoms with Gasteiger partial charge in [-0.3, -0.25) is 4.79 Å². The van der Waals surface area contributed by atoms with E-state index >= 15 is 0 Å². The minimum Gasteiger partial charge on any atom is -0.366 e. The zero-order chi connectivity index (χ0) is 11.1. The number of hydrogen-bond donors (Lipinski definition) is 1. The molecule has 1 amide bonds. The number of nitrogens with zero attached hydrogens (tertiary/aromatic N) is 1. The van der Waals surface area contributed by atoms with Gasteiger partial charge in [-0.05, 0) is 31.0 Å². The molecule has 1 fully saturated rings. The number of amides is 1. The van der Waals surface area contributed by atoms with Gasteiger partial charge in [-0.1, -0.05) is 15.9 Å². The van der Waals surface area contributed by atoms with Crippen LogP contribution in [0.3, 0.4) is 0 Å². The summed E-state index contributed by atoms with van der Waals surface area (Å²) in [4.78, 5) is 14.0. The van der Waals surface area contributed by atoms with E-state index in [1.165, 1.54) is 12.8 Å². The molecule has 16 heavy (non-hydrogen) atoms. The Morgan fingerprint density at radius 2 is 2.19 bits per heavy atom. The zero-order valence-corrected chi connectivity index (χ0v) is 10.5. The molecule has 0 radical (unpaired) electrons. The summed E-state index contributed by atoms with van der Waals surface area (Å²) in [5, 5.41) is 2.97. The first-order valence-electron chi connectivity index (χ1n) is 5.60. The summed E-state index contributed by atoms with van der Waals surface area (Å²) in [6.45, 7) is 0.838. The fourth-order valence-corrected chi connectivity index (χ4v) is 2.54. The van der Waals surface area contributed by atoms with Crippen molar-refractivity contribution in [2.24, 2.45) is 0 Å². The third-order valence-corrected chi connectivity index (χ3v) is 3.60. The molecule has 1 aliphatic carbocycles. The molecule has 2 aliphatic rings. The predicted molar refractivity (Wildman–Crippen MR) is 67.8 cm³/mol. The van der Waals surface area contributed by atoms with Crippen LogP contribution in [0.1, 0.15) is 19.3 Å². The molecule has 1 aromatic carbocycles. The fraction of sp³-hybridized carbons (Fsp3) is 0.417. The Kier molecular flexibility index (Phi) is 2.39. The first kappa shape index (κ1) is 10.1. The van der Waals surface area contributed by atoms with E-state index in [1.807, 2.05) is 12.1 Å². The van der Waals surface area contributed by atoms with Crippen LogP contribution in [0.2, 0.25) is 0 Å². The molecular formula is C12H13BrN2O. The second kappa shape index (κ2) is 3.77. The van der Waals surface area contributed by atoms with Crippen molar-refractivity contribution < 1.29 is 4.79 Å². The number of anilines is 2. The van der Waals surface area contributed by atoms with Crippen LogP contribution in [0.5, 0.6) is 0 Å². The van der Waals surface area contributed by atoms with Gasteiger partial charge in [0, 0.05) is 23.5 Å². The molecule has 84 valence electrons. The van der Waals surface area contributed by atoms with Crippen molar-refractivity contribution in [3.8, 4) is 0 Å². The molecule has 0 aromatic heterocycles. The Balaban J connectivity index is 2.04. The van der Waals surface area contributed by atoms with Crippen molar-refractivity contribution >= 4 is 33.2 Å². The van der Waals surface area contributed by atoms with E-state index in [4.69, 9.17) is 0 Å². The smallest absolute Gasteiger partial charge is 0.226 e. The minimum absolute atomic E-state index is 0.113. The van der Waals surface area contributed by atoms with Crippen molar-refractivity contribution in [2.45, 2.75) is 25.3 Å². The minimum atomic E-state index is 0.113. The molecule has 1 aromatic rings. The molecule has 3 nitrogen and oxygen atoms in total. The van der Waals surface area contributed by atoms with Crippen molar-refractivity contribution in [2.75, 3.05) is 16.8 Å². The van der Waals surface area contributed by atoms with E-state index in [9.17, 15) is 4.79 Å². The first-order valence-corrected chi connectivity index (χ1v) is 6.39. The largest absolute Gasteiger partial charge is 0.366 e. The number of benzene rings is 1. The maximum absolute atomic E-state index is 11.6. The molecule has 0 spiro atoms. The van der Waals surface area contributed by atoms with Gasteiger partial charge < -0.3 is 10.2 Å². The number of carbonyl (C=O) groups excluding carboxylic acids is 1. The van der Waals surface area contributed by atoms with Crippen LogP contribution < -0.4 is 10.2 Å². The number of rotatable bonds is 1. The lowest BCUT2D eigenvalue weighted by Gasteiger charge is -2.23. The first-order chi connectivity index (χ1) is 7.74. The maximum atomic E-state index is 11.6. The SMILES string of the molecule is O=C1CCN(C2CC2)c2ccc(Br)cc2N1. The van der Waals surface area contributed by atoms with Gasteiger partial charge in [-0.25, -0.2) is 0 Å². The Bertz CT molecular complexity index is 443. The number of fused-ring (bicyclic) bond motifs is 1. The molecule has 0 unspecified atom stereocenters. The molecule has 3 rings (SSSR count). The van der Waals surface area contributed by atoms with Crippen LogP contribution in [0.25, 0.3) is 0 Å². The third-order valence-electron chi connectivity index (χ3n) is 3.11. The van der Waals surface area contributed by atoms with Crippen LogP contribution in [-0.2, 0) is 4.79 Å². The second-order valence-corrected chi connectivity index (χ2v) is 5.30. The fourth-order valence-electron chi connectivity index (χ4n) is 2.18. The third kappa shape index (κ3) is 1.82. The van der Waals surface area contributed by atoms with Gasteiger partial charge >= 0.3 is 0 Å². The zero-order valence-electron chi connectivity index (χ0n) is 8.87. The van der Waals surface area contributed by atoms with Gasteiger partial charge in [0.2, 0.25) is 5.91 Å². The van der Waals surface area contributed by atoms with E-state index in [0.717, 1.165) is 22.4 Å². The van der Waals surface area contributed by atoms with E-state index in [1.54, 1.807) is 0 Å². The Hall–Kier alpha value is -1.03. The number of halogens is 1. The average Bonchev–Trinajstić information content (AvgIpc) is 3.03. The molecule has 4 heteroatoms. The van der Waals surface area contributed by atoms with Gasteiger partial charge in [-0.2, -0.15) is 0 Å². The molecular weight excluding hydrogens is 268 g/mol. The van der Waals surface area contributed by atoms with Gasteiger partial charge in [0.05, 0.1) is 11.4 Å². The van der Waals surface area contributed by atoms with Gasteiger partial charge in [0.15, 0.2) is 0 Å². The lowest BCUT2D eigenvalue weighted by molar-refractivity contribution is -0.115. The van der Waals surface area contributed by atoms with Gasteiger partial charge in [-0.15, -0.1) is 0 Å². The molecule has 0 bridgehead atoms. The highest BCUT2D eigenvalue weighted by atomic mass is 79.9. The monoisotopic (exact) mass is 280 g/mol. The highest BCUT2D eigenvalue weighted by Gasteiger charge is 2.32. The number of carbonyl (C=O) groups is 1. The van der Waals surface area contributed by atoms with Crippen LogP contribution in [0, 0.1) is 0 Å². The maximum Gasteiger partial charge on any atom is 0.226 e. The Labute approximate surface area is 103 Å². The van der Waals surface area contributed by atoms with Crippen molar-refractivity contribution in [1.29, 1.82) is 0 Å². The van der Waals surface area contributed by atoms with Crippen LogP contribution in [-0.4, -0.2) is 18.5 Å². The predicted octanol–water partition coefficient (Wildman–Crippen LogP) is 2.76. The highest BCUT2D eigenvalue weighted by molar-refractivity contribution is 9.10. The summed E-state index contributed by atoms with van der Waals surface area (Å²) in [6, 6.07) is 6.75. The average molecular weight is 281 g/mol. The van der Waals surface area contributed by atoms with E-state index < -0.39 is 0 Å². The number of hydrogen-bond acceptors (Lipinski definition) is 2. The highest BCUT2D eigenvalue weighted by Crippen LogP contribution is 2.38. The molecule has 0 saturated heterocycles. The summed E-state index contributed by atoms with van der Waals surface area (Å²) in [5.74, 6) is 0.113. The quantitative estimate of drug-likeness (QED) is 0.858. The molecule has 0 atom stereocenters. The van der Waals surface area contributed by atoms with Crippen LogP contribution in [0.4, 0.5) is 11.4 Å². The summed E-state index contributed by atoms with van der Waals surface area (Å²) in [5.41, 5.74) is 2.10. The van der Waals surface area contributed by atoms with Gasteiger partial charge in [0.25, 0.3) is 0 Å². The van der Waals surface area contributed by atoms with E-state index in [-0.39, 0.29) is 5.91 Å². The van der Waals surface area contributed by atoms with Crippen molar-refractivity contribution in [1.82, 2.24) is 0 Å². The molecule has 1 saturated carbocycles. The Morgan fingerprint density at radius 3 is 2.94 bits per heavy atom. The van der Waals surface area contributed by atoms with E-state index in [0.29, 0.717) is 12.5 Å². The molecule has 1 N–H and O–H groups in total. The standard InChI is InChI=1S/C12H13BrN2O/c13-8-1-4-11-10(7-8)14-12(16)5-6-15(11)9-2-3-9/h1,4,7,9H,2-3,5-6H2,(H,14,16). The topological polar surface area (TPSA) is 32.3 Å². The summed E-state index contributed by atoms with van der Waals surface area (Å²) in [6.07, 6.45) is 3.09. The summed E-state index contributed by atoms with van der Waals surface area (Å²) < 4.78 is 1.00. The van der Waals surface area contributed by atoms with Crippen molar-refractivity contribution in [3.05, 3.63) is 22.7 Å². The normalized spacial score (nSPS) is 20.1. The molecule has 1 aliphatic heterocycles. The lowest BCUT2D eigenvalue weighted by Crippen LogP contribution is -2.26. The van der Waals surface area contributed by atoms with E-state index in [2.05, 4.69) is 32.2 Å². The molecule has 1 heterocycles. The second-order valence-electron chi connectivity index (χ2n) is 4.38. The van der Waals surface area contributed by atoms with Crippen LogP contribution in [0.15, 0.2) is 22.7 Å².